The predicted molar refractivity (Wildman–Crippen MR) is 100 cm³/mol. The summed E-state index contributed by atoms with van der Waals surface area (Å²) in [4.78, 5) is 28.6. The lowest BCUT2D eigenvalue weighted by atomic mass is 10.2. The summed E-state index contributed by atoms with van der Waals surface area (Å²) in [5, 5.41) is 0.593. The van der Waals surface area contributed by atoms with Crippen molar-refractivity contribution in [1.82, 2.24) is 9.55 Å². The molecule has 3 aromatic rings. The standard InChI is InChI=1S/C18H15IN2O3/c19-15-8-3-1-6-13(15)18(23)24-11-5-10-21-12-20-16-9-4-2-7-14(16)17(21)22/h1-4,6-9,12H,5,10-11H2. The molecule has 6 heteroatoms. The molecule has 0 bridgehead atoms. The molecule has 0 amide bonds. The minimum atomic E-state index is -0.344. The van der Waals surface area contributed by atoms with Gasteiger partial charge in [0.25, 0.3) is 5.56 Å². The van der Waals surface area contributed by atoms with Gasteiger partial charge in [-0.1, -0.05) is 24.3 Å². The maximum Gasteiger partial charge on any atom is 0.339 e. The normalized spacial score (nSPS) is 10.7. The molecular weight excluding hydrogens is 419 g/mol. The van der Waals surface area contributed by atoms with Gasteiger partial charge in [-0.25, -0.2) is 9.78 Å². The summed E-state index contributed by atoms with van der Waals surface area (Å²) < 4.78 is 7.68. The third-order valence-electron chi connectivity index (χ3n) is 3.60. The van der Waals surface area contributed by atoms with E-state index in [1.54, 1.807) is 22.8 Å². The average Bonchev–Trinajstić information content (AvgIpc) is 2.61. The van der Waals surface area contributed by atoms with Crippen molar-refractivity contribution < 1.29 is 9.53 Å². The first kappa shape index (κ1) is 16.6. The van der Waals surface area contributed by atoms with Crippen molar-refractivity contribution in [2.24, 2.45) is 0 Å². The van der Waals surface area contributed by atoms with Crippen LogP contribution in [0.3, 0.4) is 0 Å². The summed E-state index contributed by atoms with van der Waals surface area (Å²) in [6.45, 7) is 0.707. The van der Waals surface area contributed by atoms with Crippen LogP contribution in [0.15, 0.2) is 59.7 Å². The number of fused-ring (bicyclic) bond motifs is 1. The Morgan fingerprint density at radius 1 is 1.12 bits per heavy atom. The van der Waals surface area contributed by atoms with E-state index < -0.39 is 0 Å². The fourth-order valence-electron chi connectivity index (χ4n) is 2.37. The van der Waals surface area contributed by atoms with Crippen molar-refractivity contribution in [3.8, 4) is 0 Å². The zero-order chi connectivity index (χ0) is 16.9. The third-order valence-corrected chi connectivity index (χ3v) is 4.54. The van der Waals surface area contributed by atoms with Gasteiger partial charge in [0.15, 0.2) is 0 Å². The van der Waals surface area contributed by atoms with Crippen LogP contribution in [-0.4, -0.2) is 22.1 Å². The topological polar surface area (TPSA) is 61.2 Å². The van der Waals surface area contributed by atoms with E-state index in [1.807, 2.05) is 30.3 Å². The summed E-state index contributed by atoms with van der Waals surface area (Å²) in [7, 11) is 0. The Morgan fingerprint density at radius 2 is 1.88 bits per heavy atom. The van der Waals surface area contributed by atoms with E-state index in [0.29, 0.717) is 29.4 Å². The number of rotatable bonds is 5. The van der Waals surface area contributed by atoms with Gasteiger partial charge in [-0.05, 0) is 53.3 Å². The van der Waals surface area contributed by atoms with E-state index in [1.165, 1.54) is 6.33 Å². The smallest absolute Gasteiger partial charge is 0.339 e. The molecule has 24 heavy (non-hydrogen) atoms. The highest BCUT2D eigenvalue weighted by molar-refractivity contribution is 14.1. The monoisotopic (exact) mass is 434 g/mol. The van der Waals surface area contributed by atoms with Crippen LogP contribution in [0.25, 0.3) is 10.9 Å². The molecule has 0 N–H and O–H groups in total. The maximum atomic E-state index is 12.3. The second-order valence-electron chi connectivity index (χ2n) is 5.23. The van der Waals surface area contributed by atoms with Crippen molar-refractivity contribution in [3.05, 3.63) is 74.3 Å². The van der Waals surface area contributed by atoms with Crippen LogP contribution in [0.1, 0.15) is 16.8 Å². The summed E-state index contributed by atoms with van der Waals surface area (Å²) in [6, 6.07) is 14.5. The fraction of sp³-hybridized carbons (Fsp3) is 0.167. The van der Waals surface area contributed by atoms with Crippen LogP contribution >= 0.6 is 22.6 Å². The van der Waals surface area contributed by atoms with Crippen molar-refractivity contribution in [2.45, 2.75) is 13.0 Å². The molecular formula is C18H15IN2O3. The van der Waals surface area contributed by atoms with E-state index in [-0.39, 0.29) is 18.1 Å². The SMILES string of the molecule is O=C(OCCCn1cnc2ccccc2c1=O)c1ccccc1I. The first-order valence-corrected chi connectivity index (χ1v) is 8.60. The predicted octanol–water partition coefficient (Wildman–Crippen LogP) is 3.25. The minimum absolute atomic E-state index is 0.0791. The number of esters is 1. The summed E-state index contributed by atoms with van der Waals surface area (Å²) >= 11 is 2.10. The molecule has 3 rings (SSSR count). The number of carbonyl (C=O) groups is 1. The Morgan fingerprint density at radius 3 is 2.71 bits per heavy atom. The molecule has 1 heterocycles. The number of carbonyl (C=O) groups excluding carboxylic acids is 1. The zero-order valence-electron chi connectivity index (χ0n) is 12.8. The molecule has 0 spiro atoms. The quantitative estimate of drug-likeness (QED) is 0.352. The molecule has 0 radical (unpaired) electrons. The fourth-order valence-corrected chi connectivity index (χ4v) is 2.98. The highest BCUT2D eigenvalue weighted by atomic mass is 127. The molecule has 2 aromatic carbocycles. The van der Waals surface area contributed by atoms with Gasteiger partial charge in [0.05, 0.1) is 29.4 Å². The first-order valence-electron chi connectivity index (χ1n) is 7.52. The van der Waals surface area contributed by atoms with Gasteiger partial charge in [-0.3, -0.25) is 9.36 Å². The van der Waals surface area contributed by atoms with Crippen molar-refractivity contribution in [1.29, 1.82) is 0 Å². The Kier molecular flexibility index (Phi) is 5.24. The number of aryl methyl sites for hydroxylation is 1. The highest BCUT2D eigenvalue weighted by Gasteiger charge is 2.10. The molecule has 0 aliphatic rings. The van der Waals surface area contributed by atoms with Crippen LogP contribution in [-0.2, 0) is 11.3 Å². The third kappa shape index (κ3) is 3.64. The Balaban J connectivity index is 1.59. The molecule has 0 saturated heterocycles. The van der Waals surface area contributed by atoms with E-state index >= 15 is 0 Å². The molecule has 1 aromatic heterocycles. The second kappa shape index (κ2) is 7.57. The van der Waals surface area contributed by atoms with Crippen LogP contribution in [0.2, 0.25) is 0 Å². The van der Waals surface area contributed by atoms with E-state index in [2.05, 4.69) is 27.6 Å². The molecule has 0 saturated carbocycles. The number of halogens is 1. The second-order valence-corrected chi connectivity index (χ2v) is 6.39. The Hall–Kier alpha value is -2.22. The molecule has 0 aliphatic carbocycles. The molecule has 0 aliphatic heterocycles. The van der Waals surface area contributed by atoms with Gasteiger partial charge in [0.1, 0.15) is 0 Å². The molecule has 0 unspecified atom stereocenters. The lowest BCUT2D eigenvalue weighted by molar-refractivity contribution is 0.0494. The van der Waals surface area contributed by atoms with Gasteiger partial charge in [-0.15, -0.1) is 0 Å². The highest BCUT2D eigenvalue weighted by Crippen LogP contribution is 2.12. The number of hydrogen-bond donors (Lipinski definition) is 0. The van der Waals surface area contributed by atoms with Gasteiger partial charge in [0.2, 0.25) is 0 Å². The number of nitrogens with zero attached hydrogens (tertiary/aromatic N) is 2. The Labute approximate surface area is 152 Å². The van der Waals surface area contributed by atoms with Gasteiger partial charge in [0, 0.05) is 10.1 Å². The van der Waals surface area contributed by atoms with Crippen molar-refractivity contribution >= 4 is 39.5 Å². The van der Waals surface area contributed by atoms with Crippen molar-refractivity contribution in [2.75, 3.05) is 6.61 Å². The first-order chi connectivity index (χ1) is 11.7. The Bertz CT molecular complexity index is 937. The average molecular weight is 434 g/mol. The van der Waals surface area contributed by atoms with E-state index in [0.717, 1.165) is 3.57 Å². The zero-order valence-corrected chi connectivity index (χ0v) is 15.0. The molecule has 0 atom stereocenters. The minimum Gasteiger partial charge on any atom is -0.462 e. The van der Waals surface area contributed by atoms with Crippen LogP contribution in [0.4, 0.5) is 0 Å². The van der Waals surface area contributed by atoms with Crippen molar-refractivity contribution in [3.63, 3.8) is 0 Å². The molecule has 5 nitrogen and oxygen atoms in total. The molecule has 122 valence electrons. The summed E-state index contributed by atoms with van der Waals surface area (Å²) in [5.74, 6) is -0.344. The maximum absolute atomic E-state index is 12.3. The van der Waals surface area contributed by atoms with Gasteiger partial charge >= 0.3 is 5.97 Å². The van der Waals surface area contributed by atoms with E-state index in [4.69, 9.17) is 4.74 Å². The van der Waals surface area contributed by atoms with E-state index in [9.17, 15) is 9.59 Å². The largest absolute Gasteiger partial charge is 0.462 e. The van der Waals surface area contributed by atoms with Gasteiger partial charge in [-0.2, -0.15) is 0 Å². The van der Waals surface area contributed by atoms with Crippen LogP contribution in [0.5, 0.6) is 0 Å². The number of benzene rings is 2. The van der Waals surface area contributed by atoms with Crippen LogP contribution in [0, 0.1) is 3.57 Å². The lowest BCUT2D eigenvalue weighted by Gasteiger charge is -2.08. The number of para-hydroxylation sites is 1. The number of ether oxygens (including phenoxy) is 1. The number of hydrogen-bond acceptors (Lipinski definition) is 4. The molecule has 0 fully saturated rings. The summed E-state index contributed by atoms with van der Waals surface area (Å²) in [5.41, 5.74) is 1.16. The number of aromatic nitrogens is 2. The lowest BCUT2D eigenvalue weighted by Crippen LogP contribution is -2.21. The van der Waals surface area contributed by atoms with Crippen LogP contribution < -0.4 is 5.56 Å². The van der Waals surface area contributed by atoms with Gasteiger partial charge < -0.3 is 4.74 Å². The summed E-state index contributed by atoms with van der Waals surface area (Å²) in [6.07, 6.45) is 2.09.